The molecule has 0 aliphatic carbocycles. The first-order chi connectivity index (χ1) is 9.60. The van der Waals surface area contributed by atoms with Crippen molar-refractivity contribution >= 4 is 17.5 Å². The van der Waals surface area contributed by atoms with Gasteiger partial charge in [-0.15, -0.1) is 0 Å². The van der Waals surface area contributed by atoms with Crippen LogP contribution in [0.25, 0.3) is 11.3 Å². The maximum absolute atomic E-state index is 11.4. The van der Waals surface area contributed by atoms with Gasteiger partial charge >= 0.3 is 0 Å². The first-order valence-electron chi connectivity index (χ1n) is 6.16. The minimum atomic E-state index is -0.130. The van der Waals surface area contributed by atoms with Gasteiger partial charge in [0.15, 0.2) is 0 Å². The summed E-state index contributed by atoms with van der Waals surface area (Å²) in [4.78, 5) is 26.6. The maximum Gasteiger partial charge on any atom is 0.251 e. The van der Waals surface area contributed by atoms with E-state index in [4.69, 9.17) is 0 Å². The standard InChI is InChI=1S/C15H15N3O2/c1-10(19)18-13-7-8-14(17-9-13)11-3-5-12(6-4-11)15(20)16-2/h3-9H,1-2H3,(H,16,20)(H,18,19). The van der Waals surface area contributed by atoms with Crippen molar-refractivity contribution in [2.24, 2.45) is 0 Å². The van der Waals surface area contributed by atoms with Gasteiger partial charge in [-0.1, -0.05) is 12.1 Å². The van der Waals surface area contributed by atoms with Gasteiger partial charge in [0.25, 0.3) is 5.91 Å². The van der Waals surface area contributed by atoms with Gasteiger partial charge in [0.2, 0.25) is 5.91 Å². The summed E-state index contributed by atoms with van der Waals surface area (Å²) in [5.74, 6) is -0.250. The lowest BCUT2D eigenvalue weighted by Crippen LogP contribution is -2.17. The van der Waals surface area contributed by atoms with Gasteiger partial charge < -0.3 is 10.6 Å². The van der Waals surface area contributed by atoms with Crippen molar-refractivity contribution in [2.45, 2.75) is 6.92 Å². The molecule has 2 N–H and O–H groups in total. The van der Waals surface area contributed by atoms with Crippen molar-refractivity contribution in [3.8, 4) is 11.3 Å². The molecule has 5 nitrogen and oxygen atoms in total. The van der Waals surface area contributed by atoms with Crippen LogP contribution < -0.4 is 10.6 Å². The van der Waals surface area contributed by atoms with E-state index in [1.54, 1.807) is 31.4 Å². The Morgan fingerprint density at radius 2 is 1.75 bits per heavy atom. The Bertz CT molecular complexity index is 619. The molecule has 2 aromatic rings. The quantitative estimate of drug-likeness (QED) is 0.896. The Hall–Kier alpha value is -2.69. The van der Waals surface area contributed by atoms with E-state index in [0.29, 0.717) is 11.3 Å². The number of anilines is 1. The normalized spacial score (nSPS) is 9.90. The molecular formula is C15H15N3O2. The number of benzene rings is 1. The van der Waals surface area contributed by atoms with Crippen LogP contribution in [-0.2, 0) is 4.79 Å². The molecule has 0 spiro atoms. The Labute approximate surface area is 117 Å². The van der Waals surface area contributed by atoms with Gasteiger partial charge in [0, 0.05) is 25.1 Å². The van der Waals surface area contributed by atoms with Crippen LogP contribution in [0.3, 0.4) is 0 Å². The molecule has 0 atom stereocenters. The van der Waals surface area contributed by atoms with Crippen LogP contribution in [0.1, 0.15) is 17.3 Å². The fourth-order valence-corrected chi connectivity index (χ4v) is 1.78. The Morgan fingerprint density at radius 1 is 1.05 bits per heavy atom. The Kier molecular flexibility index (Phi) is 4.10. The second-order valence-electron chi connectivity index (χ2n) is 4.27. The summed E-state index contributed by atoms with van der Waals surface area (Å²) in [5.41, 5.74) is 2.95. The van der Waals surface area contributed by atoms with Gasteiger partial charge in [-0.2, -0.15) is 0 Å². The summed E-state index contributed by atoms with van der Waals surface area (Å²) in [5, 5.41) is 5.23. The fraction of sp³-hybridized carbons (Fsp3) is 0.133. The summed E-state index contributed by atoms with van der Waals surface area (Å²) >= 11 is 0. The molecule has 1 aromatic heterocycles. The summed E-state index contributed by atoms with van der Waals surface area (Å²) in [6, 6.07) is 10.8. The Morgan fingerprint density at radius 3 is 2.25 bits per heavy atom. The zero-order chi connectivity index (χ0) is 14.5. The lowest BCUT2D eigenvalue weighted by Gasteiger charge is -2.05. The highest BCUT2D eigenvalue weighted by atomic mass is 16.2. The number of aromatic nitrogens is 1. The van der Waals surface area contributed by atoms with Crippen LogP contribution in [0.4, 0.5) is 5.69 Å². The summed E-state index contributed by atoms with van der Waals surface area (Å²) in [7, 11) is 1.60. The first-order valence-corrected chi connectivity index (χ1v) is 6.16. The second kappa shape index (κ2) is 5.97. The molecule has 0 fully saturated rings. The number of nitrogens with one attached hydrogen (secondary N) is 2. The van der Waals surface area contributed by atoms with Crippen molar-refractivity contribution in [3.63, 3.8) is 0 Å². The molecular weight excluding hydrogens is 254 g/mol. The summed E-state index contributed by atoms with van der Waals surface area (Å²) < 4.78 is 0. The molecule has 5 heteroatoms. The van der Waals surface area contributed by atoms with E-state index < -0.39 is 0 Å². The van der Waals surface area contributed by atoms with Gasteiger partial charge in [0.1, 0.15) is 0 Å². The molecule has 20 heavy (non-hydrogen) atoms. The molecule has 1 aromatic carbocycles. The largest absolute Gasteiger partial charge is 0.355 e. The van der Waals surface area contributed by atoms with E-state index >= 15 is 0 Å². The number of hydrogen-bond donors (Lipinski definition) is 2. The first kappa shape index (κ1) is 13.7. The SMILES string of the molecule is CNC(=O)c1ccc(-c2ccc(NC(C)=O)cn2)cc1. The summed E-state index contributed by atoms with van der Waals surface area (Å²) in [6.45, 7) is 1.45. The van der Waals surface area contributed by atoms with Crippen LogP contribution in [0, 0.1) is 0 Å². The number of carbonyl (C=O) groups is 2. The van der Waals surface area contributed by atoms with Gasteiger partial charge in [-0.05, 0) is 24.3 Å². The van der Waals surface area contributed by atoms with Crippen LogP contribution >= 0.6 is 0 Å². The van der Waals surface area contributed by atoms with Crippen LogP contribution in [0.5, 0.6) is 0 Å². The molecule has 0 saturated heterocycles. The number of pyridine rings is 1. The lowest BCUT2D eigenvalue weighted by molar-refractivity contribution is -0.114. The highest BCUT2D eigenvalue weighted by Gasteiger charge is 2.04. The topological polar surface area (TPSA) is 71.1 Å². The number of nitrogens with zero attached hydrogens (tertiary/aromatic N) is 1. The molecule has 1 heterocycles. The maximum atomic E-state index is 11.4. The lowest BCUT2D eigenvalue weighted by atomic mass is 10.1. The van der Waals surface area contributed by atoms with E-state index in [1.165, 1.54) is 6.92 Å². The fourth-order valence-electron chi connectivity index (χ4n) is 1.78. The third-order valence-corrected chi connectivity index (χ3v) is 2.75. The van der Waals surface area contributed by atoms with Gasteiger partial charge in [-0.25, -0.2) is 0 Å². The monoisotopic (exact) mass is 269 g/mol. The van der Waals surface area contributed by atoms with Crippen molar-refractivity contribution in [2.75, 3.05) is 12.4 Å². The van der Waals surface area contributed by atoms with E-state index in [1.807, 2.05) is 18.2 Å². The number of rotatable bonds is 3. The second-order valence-corrected chi connectivity index (χ2v) is 4.27. The smallest absolute Gasteiger partial charge is 0.251 e. The van der Waals surface area contributed by atoms with Crippen molar-refractivity contribution in [1.82, 2.24) is 10.3 Å². The van der Waals surface area contributed by atoms with Crippen molar-refractivity contribution in [3.05, 3.63) is 48.2 Å². The Balaban J connectivity index is 2.19. The zero-order valence-corrected chi connectivity index (χ0v) is 11.3. The van der Waals surface area contributed by atoms with Crippen LogP contribution in [0.2, 0.25) is 0 Å². The third-order valence-electron chi connectivity index (χ3n) is 2.75. The molecule has 0 saturated carbocycles. The predicted molar refractivity (Wildman–Crippen MR) is 77.4 cm³/mol. The molecule has 2 rings (SSSR count). The summed E-state index contributed by atoms with van der Waals surface area (Å²) in [6.07, 6.45) is 1.60. The highest BCUT2D eigenvalue weighted by Crippen LogP contribution is 2.19. The highest BCUT2D eigenvalue weighted by molar-refractivity contribution is 5.94. The molecule has 0 aliphatic heterocycles. The van der Waals surface area contributed by atoms with E-state index in [-0.39, 0.29) is 11.8 Å². The minimum absolute atomic E-state index is 0.120. The number of amides is 2. The minimum Gasteiger partial charge on any atom is -0.355 e. The average molecular weight is 269 g/mol. The van der Waals surface area contributed by atoms with Crippen molar-refractivity contribution < 1.29 is 9.59 Å². The molecule has 2 amide bonds. The molecule has 0 bridgehead atoms. The average Bonchev–Trinajstić information content (AvgIpc) is 2.47. The van der Waals surface area contributed by atoms with Gasteiger partial charge in [0.05, 0.1) is 17.6 Å². The van der Waals surface area contributed by atoms with E-state index in [2.05, 4.69) is 15.6 Å². The third kappa shape index (κ3) is 3.20. The molecule has 102 valence electrons. The predicted octanol–water partition coefficient (Wildman–Crippen LogP) is 2.07. The number of carbonyl (C=O) groups excluding carboxylic acids is 2. The van der Waals surface area contributed by atoms with Crippen molar-refractivity contribution in [1.29, 1.82) is 0 Å². The van der Waals surface area contributed by atoms with E-state index in [0.717, 1.165) is 11.3 Å². The van der Waals surface area contributed by atoms with Gasteiger partial charge in [-0.3, -0.25) is 14.6 Å². The molecule has 0 radical (unpaired) electrons. The van der Waals surface area contributed by atoms with Crippen LogP contribution in [-0.4, -0.2) is 23.8 Å². The van der Waals surface area contributed by atoms with Crippen LogP contribution in [0.15, 0.2) is 42.6 Å². The molecule has 0 aliphatic rings. The zero-order valence-electron chi connectivity index (χ0n) is 11.3. The molecule has 0 unspecified atom stereocenters. The number of hydrogen-bond acceptors (Lipinski definition) is 3. The van der Waals surface area contributed by atoms with E-state index in [9.17, 15) is 9.59 Å².